The molecule has 0 bridgehead atoms. The largest absolute Gasteiger partial charge is 0.486 e. The maximum Gasteiger partial charge on any atom is 0.486 e. The van der Waals surface area contributed by atoms with Gasteiger partial charge < -0.3 is 29.0 Å². The van der Waals surface area contributed by atoms with E-state index in [0.29, 0.717) is 70.4 Å². The van der Waals surface area contributed by atoms with Crippen LogP contribution in [0, 0.1) is 0 Å². The molecule has 6 heterocycles. The third kappa shape index (κ3) is 29.8. The first kappa shape index (κ1) is 97.6. The topological polar surface area (TPSA) is 188 Å². The van der Waals surface area contributed by atoms with Gasteiger partial charge in [-0.05, 0) is 141 Å². The van der Waals surface area contributed by atoms with Gasteiger partial charge in [0.15, 0.2) is 12.6 Å². The van der Waals surface area contributed by atoms with E-state index in [4.69, 9.17) is 29.0 Å². The SMILES string of the molecule is C.COc1cc(C=O)c(OCc2cccnc2Br)cn1.COc1cc(C=O)c(OCc2cccnc2C2=CC=NC2)cn1.OB(O)C1=CC=NC1.[Pd].c1ccc(P(c2ccccc2)c2ccccc2)cc1.c1ccc(P(c2ccccc2)c2ccccc2)cc1.c1ccc(P(c2ccccc2)c2ccccc2)cc1.c1ccc(P(c2ccccc2)c2ccccc2)cc1. The van der Waals surface area contributed by atoms with E-state index in [2.05, 4.69) is 410 Å². The molecule has 0 saturated heterocycles. The van der Waals surface area contributed by atoms with Crippen LogP contribution in [0.4, 0.5) is 0 Å². The van der Waals surface area contributed by atoms with E-state index >= 15 is 0 Å². The minimum absolute atomic E-state index is 0. The Bertz CT molecular complexity index is 5210. The second-order valence-electron chi connectivity index (χ2n) is 27.5. The molecule has 2 aliphatic heterocycles. The van der Waals surface area contributed by atoms with Crippen LogP contribution in [0.5, 0.6) is 23.3 Å². The molecule has 21 heteroatoms. The standard InChI is InChI=1S/4C18H15P.C17H15N3O3.C13H11BrN2O3.C4H6BNO2.CH4.Pd/c4*1-4-10-16(11-5-1)19(17-12-6-2-7-13-17)18-14-8-3-9-15-18;1-22-16-7-14(10-21)15(9-20-16)23-11-13-3-2-5-19-17(13)12-4-6-18-8-12;1-18-12-5-10(7-17)11(6-16-12)19-8-9-3-2-4-15-13(9)14;7-5(8)4-1-2-6-3-4;;/h4*1-15H;2-7,9-10H,8,11H2,1H3;2-7H,8H2,1H3;1-2,7-8H,3H2;1H4;. The molecule has 642 valence electrons. The van der Waals surface area contributed by atoms with Crippen LogP contribution < -0.4 is 82.6 Å². The number of aldehydes is 2. The molecule has 12 aromatic carbocycles. The van der Waals surface area contributed by atoms with Gasteiger partial charge in [-0.15, -0.1) is 0 Å². The van der Waals surface area contributed by atoms with E-state index in [1.807, 2.05) is 30.3 Å². The molecule has 0 radical (unpaired) electrons. The van der Waals surface area contributed by atoms with Crippen LogP contribution in [0.3, 0.4) is 0 Å². The van der Waals surface area contributed by atoms with Gasteiger partial charge in [0.05, 0.1) is 56.5 Å². The van der Waals surface area contributed by atoms with Gasteiger partial charge in [0.2, 0.25) is 11.8 Å². The van der Waals surface area contributed by atoms with Crippen molar-refractivity contribution < 1.29 is 59.0 Å². The first-order valence-electron chi connectivity index (χ1n) is 40.5. The van der Waals surface area contributed by atoms with Gasteiger partial charge in [0.1, 0.15) is 29.3 Å². The molecule has 0 unspecified atom stereocenters. The fourth-order valence-corrected chi connectivity index (χ4v) is 22.5. The average molecular weight is 1920 g/mol. The smallest absolute Gasteiger partial charge is 0.486 e. The van der Waals surface area contributed by atoms with Crippen molar-refractivity contribution >= 4 is 149 Å². The number of rotatable bonds is 24. The summed E-state index contributed by atoms with van der Waals surface area (Å²) in [6, 6.07) is 140. The summed E-state index contributed by atoms with van der Waals surface area (Å²) in [5.41, 5.74) is 5.07. The summed E-state index contributed by atoms with van der Waals surface area (Å²) in [5.74, 6) is 1.56. The minimum Gasteiger partial charge on any atom is -0.486 e. The number of hydrogen-bond acceptors (Lipinski definition) is 14. The maximum absolute atomic E-state index is 11.2. The predicted octanol–water partition coefficient (Wildman–Crippen LogP) is 18.4. The Balaban J connectivity index is 0.000000157. The van der Waals surface area contributed by atoms with Crippen molar-refractivity contribution in [1.29, 1.82) is 0 Å². The molecule has 4 aromatic heterocycles. The quantitative estimate of drug-likeness (QED) is 0.0253. The Labute approximate surface area is 778 Å². The van der Waals surface area contributed by atoms with Crippen LogP contribution in [-0.4, -0.2) is 89.4 Å². The van der Waals surface area contributed by atoms with Crippen molar-refractivity contribution in [3.8, 4) is 23.3 Å². The molecule has 0 aliphatic carbocycles. The molecule has 2 N–H and O–H groups in total. The summed E-state index contributed by atoms with van der Waals surface area (Å²) in [7, 11) is -0.119. The second kappa shape index (κ2) is 54.5. The van der Waals surface area contributed by atoms with Crippen molar-refractivity contribution in [3.05, 3.63) is 475 Å². The van der Waals surface area contributed by atoms with Gasteiger partial charge in [-0.2, -0.15) is 0 Å². The summed E-state index contributed by atoms with van der Waals surface area (Å²) in [6.07, 6.45) is 14.7. The monoisotopic (exact) mass is 1910 g/mol. The zero-order valence-electron chi connectivity index (χ0n) is 69.8. The molecule has 2 aliphatic rings. The summed E-state index contributed by atoms with van der Waals surface area (Å²) < 4.78 is 22.0. The number of aromatic nitrogens is 4. The number of nitrogens with zero attached hydrogens (tertiary/aromatic N) is 6. The summed E-state index contributed by atoms with van der Waals surface area (Å²) in [6.45, 7) is 1.63. The Morgan fingerprint density at radius 2 is 0.602 bits per heavy atom. The first-order chi connectivity index (χ1) is 62.2. The number of halogens is 1. The number of carbonyl (C=O) groups excluding carboxylic acids is 2. The molecule has 0 saturated carbocycles. The van der Waals surface area contributed by atoms with Crippen molar-refractivity contribution in [1.82, 2.24) is 19.9 Å². The van der Waals surface area contributed by atoms with Crippen LogP contribution in [0.2, 0.25) is 0 Å². The van der Waals surface area contributed by atoms with E-state index < -0.39 is 38.8 Å². The van der Waals surface area contributed by atoms with E-state index in [9.17, 15) is 9.59 Å². The zero-order valence-corrected chi connectivity index (χ0v) is 76.5. The first-order valence-corrected chi connectivity index (χ1v) is 46.7. The summed E-state index contributed by atoms with van der Waals surface area (Å²) in [5, 5.41) is 33.7. The Morgan fingerprint density at radius 1 is 0.344 bits per heavy atom. The number of hydrogen-bond donors (Lipinski definition) is 2. The van der Waals surface area contributed by atoms with Gasteiger partial charge in [0, 0.05) is 74.1 Å². The summed E-state index contributed by atoms with van der Waals surface area (Å²) in [4.78, 5) is 46.7. The maximum atomic E-state index is 11.2. The molecule has 18 rings (SSSR count). The number of methoxy groups -OCH3 is 2. The van der Waals surface area contributed by atoms with E-state index in [1.165, 1.54) is 96.3 Å². The molecular formula is C107H96BBrN6O8P4Pd. The van der Waals surface area contributed by atoms with Gasteiger partial charge in [0.25, 0.3) is 0 Å². The van der Waals surface area contributed by atoms with Gasteiger partial charge >= 0.3 is 7.12 Å². The Morgan fingerprint density at radius 3 is 0.828 bits per heavy atom. The third-order valence-corrected chi connectivity index (χ3v) is 29.5. The molecular weight excluding hydrogens is 1820 g/mol. The predicted molar refractivity (Wildman–Crippen MR) is 537 cm³/mol. The van der Waals surface area contributed by atoms with Crippen LogP contribution in [0.25, 0.3) is 5.57 Å². The van der Waals surface area contributed by atoms with Crippen LogP contribution in [0.15, 0.2) is 457 Å². The van der Waals surface area contributed by atoms with Crippen LogP contribution in [0.1, 0.15) is 45.0 Å². The number of ether oxygens (including phenoxy) is 4. The number of benzene rings is 12. The Hall–Kier alpha value is -12.6. The van der Waals surface area contributed by atoms with E-state index in [-0.39, 0.29) is 34.5 Å². The number of aliphatic imine (C=N–C) groups is 2. The molecule has 0 fully saturated rings. The average Bonchev–Trinajstić information content (AvgIpc) is 1.12. The summed E-state index contributed by atoms with van der Waals surface area (Å²) >= 11 is 3.33. The molecule has 128 heavy (non-hydrogen) atoms. The van der Waals surface area contributed by atoms with Crippen molar-refractivity contribution in [2.45, 2.75) is 20.6 Å². The van der Waals surface area contributed by atoms with Crippen LogP contribution in [-0.2, 0) is 33.6 Å². The van der Waals surface area contributed by atoms with Crippen LogP contribution >= 0.6 is 47.6 Å². The van der Waals surface area contributed by atoms with Crippen molar-refractivity contribution in [2.24, 2.45) is 9.98 Å². The fourth-order valence-electron chi connectivity index (χ4n) is 12.9. The third-order valence-electron chi connectivity index (χ3n) is 19.0. The normalized spacial score (nSPS) is 11.1. The Kier molecular flexibility index (Phi) is 41.5. The molecule has 16 aromatic rings. The second-order valence-corrected chi connectivity index (χ2v) is 37.1. The fraction of sp³-hybridized carbons (Fsp3) is 0.0654. The number of carbonyl (C=O) groups is 2. The van der Waals surface area contributed by atoms with E-state index in [1.54, 1.807) is 37.0 Å². The number of pyridine rings is 4. The molecule has 0 amide bonds. The van der Waals surface area contributed by atoms with Gasteiger partial charge in [-0.25, -0.2) is 15.0 Å². The number of allylic oxidation sites excluding steroid dienone is 2. The zero-order chi connectivity index (χ0) is 87.4. The van der Waals surface area contributed by atoms with Gasteiger partial charge in [-0.3, -0.25) is 24.6 Å². The molecule has 0 spiro atoms. The molecule has 0 atom stereocenters. The van der Waals surface area contributed by atoms with Gasteiger partial charge in [-0.1, -0.05) is 384 Å². The van der Waals surface area contributed by atoms with E-state index in [0.717, 1.165) is 28.7 Å². The van der Waals surface area contributed by atoms with Crippen molar-refractivity contribution in [3.63, 3.8) is 0 Å². The van der Waals surface area contributed by atoms with Crippen molar-refractivity contribution in [2.75, 3.05) is 27.3 Å². The molecule has 14 nitrogen and oxygen atoms in total. The minimum atomic E-state index is -1.32.